The molecular weight excluding hydrogens is 368 g/mol. The second kappa shape index (κ2) is 7.89. The Kier molecular flexibility index (Phi) is 4.98. The lowest BCUT2D eigenvalue weighted by Gasteiger charge is -2.07. The van der Waals surface area contributed by atoms with Crippen molar-refractivity contribution in [3.05, 3.63) is 89.6 Å². The van der Waals surface area contributed by atoms with E-state index in [0.717, 1.165) is 16.8 Å². The van der Waals surface area contributed by atoms with Gasteiger partial charge in [0, 0.05) is 31.0 Å². The number of amides is 1. The molecule has 8 heteroatoms. The van der Waals surface area contributed by atoms with E-state index in [-0.39, 0.29) is 5.75 Å². The van der Waals surface area contributed by atoms with Gasteiger partial charge in [0.05, 0.1) is 12.0 Å². The van der Waals surface area contributed by atoms with Crippen LogP contribution in [-0.4, -0.2) is 30.8 Å². The number of nitrogens with two attached hydrogens (primary N) is 1. The quantitative estimate of drug-likeness (QED) is 0.388. The fourth-order valence-corrected chi connectivity index (χ4v) is 3.10. The summed E-state index contributed by atoms with van der Waals surface area (Å²) in [6.45, 7) is 0.449. The van der Waals surface area contributed by atoms with Crippen LogP contribution in [0.1, 0.15) is 27.2 Å². The van der Waals surface area contributed by atoms with Gasteiger partial charge >= 0.3 is 0 Å². The number of aromatic nitrogens is 4. The van der Waals surface area contributed by atoms with Crippen LogP contribution in [0.5, 0.6) is 5.75 Å². The van der Waals surface area contributed by atoms with Crippen LogP contribution in [0, 0.1) is 0 Å². The zero-order valence-electron chi connectivity index (χ0n) is 15.5. The second-order valence-electron chi connectivity index (χ2n) is 6.62. The molecular formula is C21H20N6O2. The zero-order valence-corrected chi connectivity index (χ0v) is 15.5. The summed E-state index contributed by atoms with van der Waals surface area (Å²) in [5, 5.41) is 19.6. The lowest BCUT2D eigenvalue weighted by atomic mass is 10.1. The highest BCUT2D eigenvalue weighted by Gasteiger charge is 2.18. The predicted molar refractivity (Wildman–Crippen MR) is 109 cm³/mol. The van der Waals surface area contributed by atoms with Crippen LogP contribution in [0.25, 0.3) is 5.69 Å². The number of hydrogen-bond acceptors (Lipinski definition) is 5. The van der Waals surface area contributed by atoms with Gasteiger partial charge in [-0.3, -0.25) is 9.89 Å². The number of phenolic OH excluding ortho intramolecular Hbond substituents is 1. The van der Waals surface area contributed by atoms with Crippen LogP contribution in [-0.2, 0) is 13.0 Å². The van der Waals surface area contributed by atoms with E-state index in [1.807, 2.05) is 35.0 Å². The molecule has 0 fully saturated rings. The molecule has 5 N–H and O–H groups in total. The number of anilines is 1. The summed E-state index contributed by atoms with van der Waals surface area (Å²) in [6.07, 6.45) is 5.84. The number of carbonyl (C=O) groups is 1. The van der Waals surface area contributed by atoms with Crippen LogP contribution in [0.4, 0.5) is 5.82 Å². The molecule has 0 aliphatic carbocycles. The van der Waals surface area contributed by atoms with Crippen LogP contribution >= 0.6 is 0 Å². The molecule has 0 radical (unpaired) electrons. The van der Waals surface area contributed by atoms with Gasteiger partial charge < -0.3 is 20.7 Å². The van der Waals surface area contributed by atoms with Gasteiger partial charge in [-0.25, -0.2) is 4.98 Å². The smallest absolute Gasteiger partial charge is 0.254 e. The van der Waals surface area contributed by atoms with E-state index in [1.165, 1.54) is 0 Å². The van der Waals surface area contributed by atoms with Gasteiger partial charge in [-0.15, -0.1) is 0 Å². The van der Waals surface area contributed by atoms with Crippen molar-refractivity contribution in [1.82, 2.24) is 19.7 Å². The Morgan fingerprint density at radius 3 is 2.48 bits per heavy atom. The minimum absolute atomic E-state index is 0.202. The van der Waals surface area contributed by atoms with Crippen LogP contribution in [0.3, 0.4) is 0 Å². The molecule has 2 aromatic heterocycles. The molecule has 29 heavy (non-hydrogen) atoms. The maximum absolute atomic E-state index is 12.0. The van der Waals surface area contributed by atoms with E-state index in [9.17, 15) is 9.90 Å². The monoisotopic (exact) mass is 388 g/mol. The van der Waals surface area contributed by atoms with Crippen molar-refractivity contribution in [2.75, 3.05) is 5.32 Å². The van der Waals surface area contributed by atoms with Crippen LogP contribution in [0.2, 0.25) is 0 Å². The number of aromatic amines is 1. The molecule has 0 atom stereocenters. The largest absolute Gasteiger partial charge is 0.508 e. The van der Waals surface area contributed by atoms with E-state index in [1.54, 1.807) is 36.8 Å². The zero-order chi connectivity index (χ0) is 20.2. The molecule has 0 spiro atoms. The summed E-state index contributed by atoms with van der Waals surface area (Å²) in [4.78, 5) is 16.1. The van der Waals surface area contributed by atoms with Crippen molar-refractivity contribution in [2.24, 2.45) is 5.73 Å². The normalized spacial score (nSPS) is 10.8. The summed E-state index contributed by atoms with van der Waals surface area (Å²) in [7, 11) is 0. The standard InChI is InChI=1S/C21H20N6O2/c22-20(29)19-18(11-14-1-5-16(6-2-14)27-10-9-23-13-27)25-26-21(19)24-12-15-3-7-17(28)8-4-15/h1-10,13,28H,11-12H2,(H2,22,29)(H2,24,25,26). The third-order valence-electron chi connectivity index (χ3n) is 4.60. The Hall–Kier alpha value is -4.07. The number of aromatic hydroxyl groups is 1. The first-order chi connectivity index (χ1) is 14.1. The molecule has 0 aliphatic heterocycles. The number of hydrogen-bond donors (Lipinski definition) is 4. The minimum atomic E-state index is -0.544. The molecule has 4 rings (SSSR count). The second-order valence-corrected chi connectivity index (χ2v) is 6.62. The number of primary amides is 1. The van der Waals surface area contributed by atoms with Crippen molar-refractivity contribution in [3.63, 3.8) is 0 Å². The third kappa shape index (κ3) is 4.11. The van der Waals surface area contributed by atoms with Gasteiger partial charge in [0.15, 0.2) is 5.82 Å². The number of carbonyl (C=O) groups excluding carboxylic acids is 1. The Bertz CT molecular complexity index is 1100. The molecule has 0 bridgehead atoms. The number of nitrogens with one attached hydrogen (secondary N) is 2. The predicted octanol–water partition coefficient (Wildman–Crippen LogP) is 2.60. The van der Waals surface area contributed by atoms with Crippen molar-refractivity contribution < 1.29 is 9.90 Å². The number of nitrogens with zero attached hydrogens (tertiary/aromatic N) is 3. The van der Waals surface area contributed by atoms with Gasteiger partial charge in [-0.1, -0.05) is 24.3 Å². The van der Waals surface area contributed by atoms with Crippen molar-refractivity contribution in [2.45, 2.75) is 13.0 Å². The maximum atomic E-state index is 12.0. The number of imidazole rings is 1. The van der Waals surface area contributed by atoms with E-state index >= 15 is 0 Å². The van der Waals surface area contributed by atoms with Gasteiger partial charge in [0.25, 0.3) is 5.91 Å². The average Bonchev–Trinajstić information content (AvgIpc) is 3.38. The van der Waals surface area contributed by atoms with Crippen molar-refractivity contribution >= 4 is 11.7 Å². The summed E-state index contributed by atoms with van der Waals surface area (Å²) < 4.78 is 1.92. The number of benzene rings is 2. The van der Waals surface area contributed by atoms with E-state index < -0.39 is 5.91 Å². The molecule has 0 saturated carbocycles. The highest BCUT2D eigenvalue weighted by atomic mass is 16.3. The molecule has 0 aliphatic rings. The first kappa shape index (κ1) is 18.3. The molecule has 146 valence electrons. The Labute approximate surface area is 167 Å². The Balaban J connectivity index is 1.50. The van der Waals surface area contributed by atoms with Gasteiger partial charge in [0.2, 0.25) is 0 Å². The average molecular weight is 388 g/mol. The Morgan fingerprint density at radius 2 is 1.83 bits per heavy atom. The van der Waals surface area contributed by atoms with E-state index in [4.69, 9.17) is 5.73 Å². The minimum Gasteiger partial charge on any atom is -0.508 e. The molecule has 1 amide bonds. The summed E-state index contributed by atoms with van der Waals surface area (Å²) in [6, 6.07) is 14.8. The molecule has 4 aromatic rings. The Morgan fingerprint density at radius 1 is 1.10 bits per heavy atom. The summed E-state index contributed by atoms with van der Waals surface area (Å²) >= 11 is 0. The summed E-state index contributed by atoms with van der Waals surface area (Å²) in [5.74, 6) is 0.0697. The van der Waals surface area contributed by atoms with Crippen LogP contribution in [0.15, 0.2) is 67.3 Å². The van der Waals surface area contributed by atoms with E-state index in [2.05, 4.69) is 20.5 Å². The molecule has 8 nitrogen and oxygen atoms in total. The fourth-order valence-electron chi connectivity index (χ4n) is 3.10. The molecule has 0 saturated heterocycles. The van der Waals surface area contributed by atoms with E-state index in [0.29, 0.717) is 30.0 Å². The highest BCUT2D eigenvalue weighted by molar-refractivity contribution is 5.98. The van der Waals surface area contributed by atoms with Gasteiger partial charge in [-0.2, -0.15) is 5.10 Å². The van der Waals surface area contributed by atoms with Crippen LogP contribution < -0.4 is 11.1 Å². The molecule has 2 heterocycles. The first-order valence-electron chi connectivity index (χ1n) is 9.06. The number of rotatable bonds is 7. The summed E-state index contributed by atoms with van der Waals surface area (Å²) in [5.41, 5.74) is 9.57. The SMILES string of the molecule is NC(=O)c1c(NCc2ccc(O)cc2)n[nH]c1Cc1ccc(-n2ccnc2)cc1. The molecule has 2 aromatic carbocycles. The topological polar surface area (TPSA) is 122 Å². The fraction of sp³-hybridized carbons (Fsp3) is 0.0952. The lowest BCUT2D eigenvalue weighted by molar-refractivity contribution is 0.100. The maximum Gasteiger partial charge on any atom is 0.254 e. The first-order valence-corrected chi connectivity index (χ1v) is 9.06. The molecule has 0 unspecified atom stereocenters. The highest BCUT2D eigenvalue weighted by Crippen LogP contribution is 2.21. The van der Waals surface area contributed by atoms with Crippen molar-refractivity contribution in [3.8, 4) is 11.4 Å². The number of H-pyrrole nitrogens is 1. The van der Waals surface area contributed by atoms with Gasteiger partial charge in [0.1, 0.15) is 11.3 Å². The number of phenols is 1. The van der Waals surface area contributed by atoms with Gasteiger partial charge in [-0.05, 0) is 35.4 Å². The lowest BCUT2D eigenvalue weighted by Crippen LogP contribution is -2.15. The van der Waals surface area contributed by atoms with Crippen molar-refractivity contribution in [1.29, 1.82) is 0 Å². The third-order valence-corrected chi connectivity index (χ3v) is 4.60.